The minimum Gasteiger partial charge on any atom is -0.497 e. The Kier molecular flexibility index (Phi) is 8.18. The zero-order valence-corrected chi connectivity index (χ0v) is 22.0. The third-order valence-electron chi connectivity index (χ3n) is 5.75. The highest BCUT2D eigenvalue weighted by Gasteiger charge is 2.25. The van der Waals surface area contributed by atoms with Gasteiger partial charge in [-0.2, -0.15) is 0 Å². The fraction of sp³-hybridized carbons (Fsp3) is 0.138. The van der Waals surface area contributed by atoms with Crippen LogP contribution in [0.15, 0.2) is 71.6 Å². The molecule has 0 bridgehead atoms. The van der Waals surface area contributed by atoms with Crippen molar-refractivity contribution in [2.24, 2.45) is 0 Å². The Hall–Kier alpha value is -4.50. The van der Waals surface area contributed by atoms with E-state index in [1.165, 1.54) is 7.11 Å². The summed E-state index contributed by atoms with van der Waals surface area (Å²) in [4.78, 5) is 36.2. The zero-order chi connectivity index (χ0) is 27.2. The van der Waals surface area contributed by atoms with E-state index in [9.17, 15) is 14.4 Å². The first-order chi connectivity index (χ1) is 18.3. The first kappa shape index (κ1) is 26.6. The number of carbonyl (C=O) groups excluding carboxylic acids is 3. The van der Waals surface area contributed by atoms with E-state index >= 15 is 0 Å². The second-order valence-electron chi connectivity index (χ2n) is 8.14. The van der Waals surface area contributed by atoms with Crippen molar-refractivity contribution in [1.82, 2.24) is 5.32 Å². The van der Waals surface area contributed by atoms with Gasteiger partial charge in [0.1, 0.15) is 23.0 Å². The molecule has 1 fully saturated rings. The molecule has 1 aliphatic heterocycles. The summed E-state index contributed by atoms with van der Waals surface area (Å²) < 4.78 is 21.8. The Morgan fingerprint density at radius 1 is 0.789 bits per heavy atom. The van der Waals surface area contributed by atoms with Crippen LogP contribution in [0.2, 0.25) is 0 Å². The smallest absolute Gasteiger partial charge is 0.338 e. The molecule has 0 saturated carbocycles. The molecule has 0 radical (unpaired) electrons. The van der Waals surface area contributed by atoms with Crippen LogP contribution >= 0.6 is 11.8 Å². The third-order valence-corrected chi connectivity index (χ3v) is 6.56. The first-order valence-electron chi connectivity index (χ1n) is 11.5. The SMILES string of the molecule is COC(=O)/C(=C(\C)c1cc(OC)cc(OC)c1)c1ccc(Oc2ccc(/C=C3\SC(=O)NC3=O)cc2)cc1. The average Bonchev–Trinajstić information content (AvgIpc) is 3.26. The molecule has 38 heavy (non-hydrogen) atoms. The minimum atomic E-state index is -0.474. The molecule has 194 valence electrons. The Morgan fingerprint density at radius 2 is 1.37 bits per heavy atom. The molecule has 9 heteroatoms. The minimum absolute atomic E-state index is 0.344. The summed E-state index contributed by atoms with van der Waals surface area (Å²) >= 11 is 0.868. The van der Waals surface area contributed by atoms with Crippen LogP contribution in [0.1, 0.15) is 23.6 Å². The summed E-state index contributed by atoms with van der Waals surface area (Å²) in [6.07, 6.45) is 1.64. The third kappa shape index (κ3) is 6.07. The lowest BCUT2D eigenvalue weighted by molar-refractivity contribution is -0.133. The Bertz CT molecular complexity index is 1420. The van der Waals surface area contributed by atoms with Crippen LogP contribution in [0.3, 0.4) is 0 Å². The number of esters is 1. The molecule has 1 heterocycles. The predicted octanol–water partition coefficient (Wildman–Crippen LogP) is 5.92. The van der Waals surface area contributed by atoms with E-state index in [0.717, 1.165) is 22.9 Å². The lowest BCUT2D eigenvalue weighted by atomic mass is 9.95. The molecule has 3 aromatic rings. The monoisotopic (exact) mass is 531 g/mol. The predicted molar refractivity (Wildman–Crippen MR) is 146 cm³/mol. The molecular weight excluding hydrogens is 506 g/mol. The molecule has 0 spiro atoms. The summed E-state index contributed by atoms with van der Waals surface area (Å²) in [7, 11) is 4.48. The summed E-state index contributed by atoms with van der Waals surface area (Å²) in [5, 5.41) is 1.85. The largest absolute Gasteiger partial charge is 0.497 e. The van der Waals surface area contributed by atoms with Crippen LogP contribution in [0, 0.1) is 0 Å². The van der Waals surface area contributed by atoms with Crippen molar-refractivity contribution in [3.63, 3.8) is 0 Å². The standard InChI is InChI=1S/C29H25NO7S/c1-17(20-14-23(34-2)16-24(15-20)35-3)26(28(32)36-4)19-7-11-22(12-8-19)37-21-9-5-18(6-10-21)13-25-27(31)30-29(33)38-25/h5-16H,1-4H3,(H,30,31,33)/b25-13-,26-17+. The number of hydrogen-bond acceptors (Lipinski definition) is 8. The summed E-state index contributed by atoms with van der Waals surface area (Å²) in [6.45, 7) is 1.84. The average molecular weight is 532 g/mol. The highest BCUT2D eigenvalue weighted by atomic mass is 32.2. The van der Waals surface area contributed by atoms with Crippen LogP contribution in [0.25, 0.3) is 17.2 Å². The summed E-state index contributed by atoms with van der Waals surface area (Å²) in [5.41, 5.74) is 3.28. The number of benzene rings is 3. The van der Waals surface area contributed by atoms with E-state index in [-0.39, 0.29) is 5.24 Å². The van der Waals surface area contributed by atoms with Crippen LogP contribution in [0.5, 0.6) is 23.0 Å². The Morgan fingerprint density at radius 3 is 1.87 bits per heavy atom. The van der Waals surface area contributed by atoms with Gasteiger partial charge < -0.3 is 18.9 Å². The van der Waals surface area contributed by atoms with Gasteiger partial charge in [-0.15, -0.1) is 0 Å². The van der Waals surface area contributed by atoms with E-state index in [0.29, 0.717) is 44.6 Å². The second kappa shape index (κ2) is 11.7. The zero-order valence-electron chi connectivity index (χ0n) is 21.2. The topological polar surface area (TPSA) is 100 Å². The molecule has 1 saturated heterocycles. The van der Waals surface area contributed by atoms with Gasteiger partial charge in [0, 0.05) is 6.07 Å². The molecule has 0 aromatic heterocycles. The van der Waals surface area contributed by atoms with Crippen molar-refractivity contribution in [2.45, 2.75) is 6.92 Å². The number of imide groups is 1. The molecule has 3 aromatic carbocycles. The van der Waals surface area contributed by atoms with Gasteiger partial charge in [0.2, 0.25) is 0 Å². The van der Waals surface area contributed by atoms with Crippen molar-refractivity contribution in [2.75, 3.05) is 21.3 Å². The number of methoxy groups -OCH3 is 3. The second-order valence-corrected chi connectivity index (χ2v) is 9.16. The normalized spacial score (nSPS) is 14.6. The maximum Gasteiger partial charge on any atom is 0.338 e. The lowest BCUT2D eigenvalue weighted by Crippen LogP contribution is -2.17. The summed E-state index contributed by atoms with van der Waals surface area (Å²) in [5.74, 6) is 1.49. The van der Waals surface area contributed by atoms with Crippen molar-refractivity contribution in [1.29, 1.82) is 0 Å². The van der Waals surface area contributed by atoms with Gasteiger partial charge in [0.05, 0.1) is 31.8 Å². The van der Waals surface area contributed by atoms with Crippen molar-refractivity contribution in [3.05, 3.63) is 88.3 Å². The van der Waals surface area contributed by atoms with Crippen LogP contribution in [0.4, 0.5) is 4.79 Å². The fourth-order valence-corrected chi connectivity index (χ4v) is 4.47. The van der Waals surface area contributed by atoms with Crippen LogP contribution < -0.4 is 19.5 Å². The van der Waals surface area contributed by atoms with E-state index in [1.54, 1.807) is 74.9 Å². The van der Waals surface area contributed by atoms with Gasteiger partial charge in [-0.1, -0.05) is 24.3 Å². The number of hydrogen-bond donors (Lipinski definition) is 1. The van der Waals surface area contributed by atoms with Gasteiger partial charge in [-0.3, -0.25) is 14.9 Å². The Balaban J connectivity index is 1.56. The molecule has 0 atom stereocenters. The van der Waals surface area contributed by atoms with E-state index in [4.69, 9.17) is 18.9 Å². The van der Waals surface area contributed by atoms with Gasteiger partial charge in [0.25, 0.3) is 11.1 Å². The molecule has 2 amide bonds. The van der Waals surface area contributed by atoms with E-state index in [1.807, 2.05) is 19.1 Å². The van der Waals surface area contributed by atoms with Gasteiger partial charge in [-0.05, 0) is 83.4 Å². The maximum absolute atomic E-state index is 12.8. The van der Waals surface area contributed by atoms with Crippen molar-refractivity contribution >= 4 is 46.1 Å². The lowest BCUT2D eigenvalue weighted by Gasteiger charge is -2.14. The number of rotatable bonds is 8. The Labute approximate surface area is 224 Å². The van der Waals surface area contributed by atoms with Crippen molar-refractivity contribution < 1.29 is 33.3 Å². The van der Waals surface area contributed by atoms with E-state index < -0.39 is 11.9 Å². The highest BCUT2D eigenvalue weighted by molar-refractivity contribution is 8.18. The van der Waals surface area contributed by atoms with Crippen LogP contribution in [-0.4, -0.2) is 38.4 Å². The van der Waals surface area contributed by atoms with Gasteiger partial charge in [-0.25, -0.2) is 4.79 Å². The molecule has 4 rings (SSSR count). The molecule has 1 aliphatic rings. The molecular formula is C29H25NO7S. The quantitative estimate of drug-likeness (QED) is 0.217. The number of carbonyl (C=O) groups is 3. The van der Waals surface area contributed by atoms with Crippen molar-refractivity contribution in [3.8, 4) is 23.0 Å². The number of amides is 2. The van der Waals surface area contributed by atoms with Gasteiger partial charge in [0.15, 0.2) is 0 Å². The maximum atomic E-state index is 12.8. The first-order valence-corrected chi connectivity index (χ1v) is 12.3. The number of nitrogens with one attached hydrogen (secondary N) is 1. The van der Waals surface area contributed by atoms with Gasteiger partial charge >= 0.3 is 5.97 Å². The van der Waals surface area contributed by atoms with E-state index in [2.05, 4.69) is 5.32 Å². The molecule has 0 aliphatic carbocycles. The fourth-order valence-electron chi connectivity index (χ4n) is 3.79. The number of thioether (sulfide) groups is 1. The number of allylic oxidation sites excluding steroid dienone is 1. The molecule has 0 unspecified atom stereocenters. The number of ether oxygens (including phenoxy) is 4. The highest BCUT2D eigenvalue weighted by Crippen LogP contribution is 2.33. The van der Waals surface area contributed by atoms with Crippen LogP contribution in [-0.2, 0) is 14.3 Å². The molecule has 8 nitrogen and oxygen atoms in total. The summed E-state index contributed by atoms with van der Waals surface area (Å²) in [6, 6.07) is 19.6. The molecule has 1 N–H and O–H groups in total.